The van der Waals surface area contributed by atoms with Crippen LogP contribution in [-0.2, 0) is 0 Å². The van der Waals surface area contributed by atoms with Crippen molar-refractivity contribution in [2.75, 3.05) is 6.66 Å². The molecule has 0 aliphatic carbocycles. The van der Waals surface area contributed by atoms with Crippen LogP contribution in [0.1, 0.15) is 62.3 Å². The van der Waals surface area contributed by atoms with E-state index in [1.54, 1.807) is 0 Å². The fourth-order valence-electron chi connectivity index (χ4n) is 6.48. The summed E-state index contributed by atoms with van der Waals surface area (Å²) in [6.07, 6.45) is 0. The third-order valence-electron chi connectivity index (χ3n) is 9.00. The molecular weight excluding hydrogens is 591 g/mol. The minimum atomic E-state index is -2.09. The Bertz CT molecular complexity index is 1570. The van der Waals surface area contributed by atoms with E-state index in [1.165, 1.54) is 31.6 Å². The van der Waals surface area contributed by atoms with Crippen LogP contribution in [0, 0.1) is 0 Å². The molecule has 0 radical (unpaired) electrons. The first kappa shape index (κ1) is 34.2. The standard InChI is InChI=1S/C37H54N2P2Si2/c1-35(2,3)40(10)33-34(41(36(4,5)6)37(7,8)9)39-32-30(43(13,14)28-23-19-16-20-24-28)26-25-29(31(32)38-33)42(11,12)27-21-17-15-18-22-27/h15-26H,1-14H3/t40-/m0/s1. The van der Waals surface area contributed by atoms with Gasteiger partial charge >= 0.3 is 0 Å². The van der Waals surface area contributed by atoms with Crippen LogP contribution in [0.15, 0.2) is 72.8 Å². The molecule has 0 saturated carbocycles. The summed E-state index contributed by atoms with van der Waals surface area (Å²) in [5, 5.41) is 6.02. The molecule has 0 unspecified atom stereocenters. The molecule has 0 saturated heterocycles. The highest BCUT2D eigenvalue weighted by Crippen LogP contribution is 2.59. The molecule has 1 aromatic heterocycles. The predicted octanol–water partition coefficient (Wildman–Crippen LogP) is 7.51. The van der Waals surface area contributed by atoms with Crippen molar-refractivity contribution in [2.24, 2.45) is 0 Å². The summed E-state index contributed by atoms with van der Waals surface area (Å²) in [4.78, 5) is 11.8. The van der Waals surface area contributed by atoms with E-state index < -0.39 is 32.0 Å². The molecule has 230 valence electrons. The molecule has 0 N–H and O–H groups in total. The fourth-order valence-corrected chi connectivity index (χ4v) is 17.4. The highest BCUT2D eigenvalue weighted by Gasteiger charge is 2.42. The van der Waals surface area contributed by atoms with Gasteiger partial charge in [-0.05, 0) is 40.4 Å². The maximum Gasteiger partial charge on any atom is 0.115 e. The molecule has 0 aliphatic rings. The SMILES string of the molecule is C[P@@](c1nc2c([Si](C)(C)c3ccccc3)ccc([Si](C)(C)c3ccccc3)c2nc1P(C(C)(C)C)C(C)(C)C)C(C)(C)C. The zero-order valence-electron chi connectivity index (χ0n) is 29.2. The molecule has 0 aliphatic heterocycles. The van der Waals surface area contributed by atoms with Crippen LogP contribution < -0.4 is 31.6 Å². The lowest BCUT2D eigenvalue weighted by molar-refractivity contribution is 0.714. The maximum absolute atomic E-state index is 5.94. The third kappa shape index (κ3) is 6.79. The van der Waals surface area contributed by atoms with Gasteiger partial charge in [0, 0.05) is 0 Å². The first-order valence-corrected chi connectivity index (χ1v) is 24.8. The molecule has 43 heavy (non-hydrogen) atoms. The van der Waals surface area contributed by atoms with Crippen LogP contribution >= 0.6 is 15.8 Å². The number of hydrogen-bond donors (Lipinski definition) is 0. The molecule has 0 fully saturated rings. The molecule has 4 aromatic rings. The minimum absolute atomic E-state index is 0.0982. The van der Waals surface area contributed by atoms with Gasteiger partial charge in [-0.15, -0.1) is 0 Å². The number of hydrogen-bond acceptors (Lipinski definition) is 2. The van der Waals surface area contributed by atoms with Crippen molar-refractivity contribution in [1.82, 2.24) is 9.97 Å². The van der Waals surface area contributed by atoms with Gasteiger partial charge in [0.2, 0.25) is 0 Å². The van der Waals surface area contributed by atoms with Crippen molar-refractivity contribution in [2.45, 2.75) is 104 Å². The minimum Gasteiger partial charge on any atom is -0.244 e. The lowest BCUT2D eigenvalue weighted by Crippen LogP contribution is -2.57. The largest absolute Gasteiger partial charge is 0.244 e. The molecule has 0 spiro atoms. The van der Waals surface area contributed by atoms with Gasteiger partial charge in [0.25, 0.3) is 0 Å². The summed E-state index contributed by atoms with van der Waals surface area (Å²) in [6, 6.07) is 27.2. The number of rotatable bonds is 6. The Hall–Kier alpha value is -1.71. The van der Waals surface area contributed by atoms with Gasteiger partial charge in [-0.2, -0.15) is 0 Å². The Labute approximate surface area is 267 Å². The van der Waals surface area contributed by atoms with Crippen molar-refractivity contribution in [3.05, 3.63) is 72.8 Å². The summed E-state index contributed by atoms with van der Waals surface area (Å²) >= 11 is 0. The monoisotopic (exact) mass is 644 g/mol. The number of aromatic nitrogens is 2. The van der Waals surface area contributed by atoms with Crippen LogP contribution in [-0.4, -0.2) is 48.2 Å². The Balaban J connectivity index is 2.22. The van der Waals surface area contributed by atoms with Gasteiger partial charge in [0.15, 0.2) is 0 Å². The highest BCUT2D eigenvalue weighted by molar-refractivity contribution is 7.73. The highest BCUT2D eigenvalue weighted by atomic mass is 31.1. The van der Waals surface area contributed by atoms with Gasteiger partial charge in [-0.1, -0.05) is 180 Å². The maximum atomic E-state index is 5.94. The number of nitrogens with zero attached hydrogens (tertiary/aromatic N) is 2. The lowest BCUT2D eigenvalue weighted by Gasteiger charge is -2.43. The second-order valence-electron chi connectivity index (χ2n) is 16.1. The van der Waals surface area contributed by atoms with Crippen LogP contribution in [0.25, 0.3) is 11.0 Å². The summed E-state index contributed by atoms with van der Waals surface area (Å²) in [5.41, 5.74) is 4.89. The summed E-state index contributed by atoms with van der Waals surface area (Å²) in [6.45, 7) is 34.1. The van der Waals surface area contributed by atoms with Crippen molar-refractivity contribution < 1.29 is 0 Å². The predicted molar refractivity (Wildman–Crippen MR) is 204 cm³/mol. The Morgan fingerprint density at radius 3 is 1.16 bits per heavy atom. The van der Waals surface area contributed by atoms with Crippen LogP contribution in [0.5, 0.6) is 0 Å². The zero-order chi connectivity index (χ0) is 32.2. The van der Waals surface area contributed by atoms with E-state index in [4.69, 9.17) is 9.97 Å². The van der Waals surface area contributed by atoms with Gasteiger partial charge in [0.05, 0.1) is 21.9 Å². The third-order valence-corrected chi connectivity index (χ3v) is 22.6. The molecule has 3 aromatic carbocycles. The quantitative estimate of drug-likeness (QED) is 0.160. The van der Waals surface area contributed by atoms with Gasteiger partial charge in [0.1, 0.15) is 16.1 Å². The number of benzene rings is 3. The topological polar surface area (TPSA) is 25.8 Å². The van der Waals surface area contributed by atoms with Crippen molar-refractivity contribution >= 4 is 74.6 Å². The Morgan fingerprint density at radius 2 is 0.837 bits per heavy atom. The zero-order valence-corrected chi connectivity index (χ0v) is 33.0. The van der Waals surface area contributed by atoms with Crippen LogP contribution in [0.4, 0.5) is 0 Å². The lowest BCUT2D eigenvalue weighted by atomic mass is 10.2. The van der Waals surface area contributed by atoms with Gasteiger partial charge in [-0.3, -0.25) is 0 Å². The van der Waals surface area contributed by atoms with E-state index in [2.05, 4.69) is 168 Å². The molecule has 6 heteroatoms. The van der Waals surface area contributed by atoms with E-state index in [-0.39, 0.29) is 15.5 Å². The first-order chi connectivity index (χ1) is 19.7. The molecule has 1 heterocycles. The van der Waals surface area contributed by atoms with Crippen LogP contribution in [0.2, 0.25) is 26.2 Å². The Kier molecular flexibility index (Phi) is 9.46. The second-order valence-corrected chi connectivity index (χ2v) is 31.5. The fraction of sp³-hybridized carbons (Fsp3) is 0.459. The first-order valence-electron chi connectivity index (χ1n) is 15.7. The van der Waals surface area contributed by atoms with E-state index in [0.29, 0.717) is 0 Å². The van der Waals surface area contributed by atoms with E-state index in [9.17, 15) is 0 Å². The van der Waals surface area contributed by atoms with Crippen LogP contribution in [0.3, 0.4) is 0 Å². The van der Waals surface area contributed by atoms with Gasteiger partial charge in [-0.25, -0.2) is 9.97 Å². The van der Waals surface area contributed by atoms with Crippen molar-refractivity contribution in [1.29, 1.82) is 0 Å². The van der Waals surface area contributed by atoms with E-state index >= 15 is 0 Å². The average Bonchev–Trinajstić information content (AvgIpc) is 2.90. The average molecular weight is 645 g/mol. The van der Waals surface area contributed by atoms with Gasteiger partial charge < -0.3 is 0 Å². The van der Waals surface area contributed by atoms with Crippen molar-refractivity contribution in [3.63, 3.8) is 0 Å². The molecule has 1 atom stereocenters. The molecule has 4 rings (SSSR count). The molecule has 0 amide bonds. The normalized spacial score (nSPS) is 14.4. The smallest absolute Gasteiger partial charge is 0.115 e. The second kappa shape index (κ2) is 11.9. The Morgan fingerprint density at radius 1 is 0.488 bits per heavy atom. The molecular formula is C37H54N2P2Si2. The van der Waals surface area contributed by atoms with E-state index in [0.717, 1.165) is 11.0 Å². The summed E-state index contributed by atoms with van der Waals surface area (Å²) < 4.78 is 0. The molecule has 0 bridgehead atoms. The van der Waals surface area contributed by atoms with E-state index in [1.807, 2.05) is 0 Å². The summed E-state index contributed by atoms with van der Waals surface area (Å²) in [7, 11) is -5.34. The molecule has 2 nitrogen and oxygen atoms in total. The van der Waals surface area contributed by atoms with Crippen molar-refractivity contribution in [3.8, 4) is 0 Å². The number of fused-ring (bicyclic) bond motifs is 1. The summed E-state index contributed by atoms with van der Waals surface area (Å²) in [5.74, 6) is 0.